The van der Waals surface area contributed by atoms with Crippen LogP contribution in [-0.2, 0) is 4.79 Å². The predicted octanol–water partition coefficient (Wildman–Crippen LogP) is 2.78. The lowest BCUT2D eigenvalue weighted by atomic mass is 9.96. The molecule has 8 heteroatoms. The lowest BCUT2D eigenvalue weighted by Crippen LogP contribution is -2.57. The van der Waals surface area contributed by atoms with E-state index >= 15 is 0 Å². The van der Waals surface area contributed by atoms with Gasteiger partial charge in [-0.2, -0.15) is 0 Å². The number of unbranched alkanes of at least 4 members (excludes halogenated alkanes) is 1. The minimum absolute atomic E-state index is 0.376. The minimum Gasteiger partial charge on any atom is -0.465 e. The highest BCUT2D eigenvalue weighted by Gasteiger charge is 2.39. The van der Waals surface area contributed by atoms with E-state index in [1.807, 2.05) is 6.92 Å². The van der Waals surface area contributed by atoms with E-state index in [4.69, 9.17) is 0 Å². The Labute approximate surface area is 140 Å². The predicted molar refractivity (Wildman–Crippen MR) is 89.7 cm³/mol. The molecule has 0 aliphatic rings. The molecular formula is C15H25N3O4S. The maximum atomic E-state index is 12.3. The summed E-state index contributed by atoms with van der Waals surface area (Å²) in [6.45, 7) is 7.20. The average molecular weight is 343 g/mol. The lowest BCUT2D eigenvalue weighted by molar-refractivity contribution is -0.128. The second-order valence-corrected chi connectivity index (χ2v) is 7.20. The molecule has 7 nitrogen and oxygen atoms in total. The van der Waals surface area contributed by atoms with E-state index in [-0.39, 0.29) is 0 Å². The van der Waals surface area contributed by atoms with Crippen molar-refractivity contribution < 1.29 is 19.8 Å². The van der Waals surface area contributed by atoms with Gasteiger partial charge in [0.2, 0.25) is 0 Å². The number of anilines is 1. The molecule has 0 fully saturated rings. The molecule has 0 saturated heterocycles. The smallest absolute Gasteiger partial charge is 0.408 e. The standard InChI is InChI=1S/C15H25N3O4S/c1-5-6-7-10(18(14(21)22)15(2,3)4)11(19)12(20)17-13-16-8-9-23-13/h8-11,19H,5-7H2,1-4H3,(H,21,22)(H,16,17,20)/t10-,11?/m0/s1. The van der Waals surface area contributed by atoms with Gasteiger partial charge in [-0.1, -0.05) is 19.8 Å². The van der Waals surface area contributed by atoms with E-state index in [1.54, 1.807) is 32.3 Å². The molecule has 23 heavy (non-hydrogen) atoms. The van der Waals surface area contributed by atoms with Crippen molar-refractivity contribution in [2.75, 3.05) is 5.32 Å². The Morgan fingerprint density at radius 3 is 2.52 bits per heavy atom. The summed E-state index contributed by atoms with van der Waals surface area (Å²) in [6.07, 6.45) is 0.897. The van der Waals surface area contributed by atoms with Crippen molar-refractivity contribution in [3.05, 3.63) is 11.6 Å². The summed E-state index contributed by atoms with van der Waals surface area (Å²) in [4.78, 5) is 29.0. The summed E-state index contributed by atoms with van der Waals surface area (Å²) in [5.74, 6) is -0.642. The van der Waals surface area contributed by atoms with Crippen molar-refractivity contribution >= 4 is 28.5 Å². The number of aliphatic hydroxyl groups excluding tert-OH is 1. The molecule has 0 aliphatic heterocycles. The van der Waals surface area contributed by atoms with Crippen LogP contribution in [0.15, 0.2) is 11.6 Å². The molecule has 0 aromatic carbocycles. The van der Waals surface area contributed by atoms with Crippen LogP contribution in [0.3, 0.4) is 0 Å². The zero-order valence-corrected chi connectivity index (χ0v) is 14.8. The van der Waals surface area contributed by atoms with Crippen LogP contribution in [0.2, 0.25) is 0 Å². The fourth-order valence-corrected chi connectivity index (χ4v) is 2.94. The largest absolute Gasteiger partial charge is 0.465 e. The molecule has 1 unspecified atom stereocenters. The summed E-state index contributed by atoms with van der Waals surface area (Å²) in [5.41, 5.74) is -0.729. The quantitative estimate of drug-likeness (QED) is 0.706. The molecule has 130 valence electrons. The maximum absolute atomic E-state index is 12.3. The first-order valence-electron chi connectivity index (χ1n) is 7.59. The number of aromatic nitrogens is 1. The highest BCUT2D eigenvalue weighted by Crippen LogP contribution is 2.24. The van der Waals surface area contributed by atoms with Crippen LogP contribution in [0.1, 0.15) is 47.0 Å². The van der Waals surface area contributed by atoms with Gasteiger partial charge in [0.1, 0.15) is 0 Å². The number of carbonyl (C=O) groups excluding carboxylic acids is 1. The van der Waals surface area contributed by atoms with E-state index < -0.39 is 29.7 Å². The molecule has 2 atom stereocenters. The van der Waals surface area contributed by atoms with Crippen LogP contribution in [0.4, 0.5) is 9.93 Å². The second-order valence-electron chi connectivity index (χ2n) is 6.30. The van der Waals surface area contributed by atoms with Gasteiger partial charge in [0.05, 0.1) is 6.04 Å². The van der Waals surface area contributed by atoms with Crippen molar-refractivity contribution in [3.8, 4) is 0 Å². The third-order valence-electron chi connectivity index (χ3n) is 3.41. The summed E-state index contributed by atoms with van der Waals surface area (Å²) >= 11 is 1.23. The first-order valence-corrected chi connectivity index (χ1v) is 8.47. The van der Waals surface area contributed by atoms with Gasteiger partial charge >= 0.3 is 6.09 Å². The third kappa shape index (κ3) is 5.47. The Morgan fingerprint density at radius 1 is 1.43 bits per heavy atom. The molecule has 0 radical (unpaired) electrons. The Hall–Kier alpha value is -1.67. The van der Waals surface area contributed by atoms with Crippen LogP contribution in [0.5, 0.6) is 0 Å². The van der Waals surface area contributed by atoms with Gasteiger partial charge in [0, 0.05) is 17.1 Å². The van der Waals surface area contributed by atoms with Gasteiger partial charge in [0.15, 0.2) is 11.2 Å². The molecule has 1 heterocycles. The first kappa shape index (κ1) is 19.4. The molecule has 1 aromatic heterocycles. The van der Waals surface area contributed by atoms with Crippen molar-refractivity contribution in [2.45, 2.75) is 64.6 Å². The number of nitrogens with zero attached hydrogens (tertiary/aromatic N) is 2. The van der Waals surface area contributed by atoms with E-state index in [0.29, 0.717) is 18.0 Å². The van der Waals surface area contributed by atoms with Crippen LogP contribution >= 0.6 is 11.3 Å². The molecular weight excluding hydrogens is 318 g/mol. The van der Waals surface area contributed by atoms with Gasteiger partial charge in [-0.25, -0.2) is 9.78 Å². The van der Waals surface area contributed by atoms with E-state index in [2.05, 4.69) is 10.3 Å². The monoisotopic (exact) mass is 343 g/mol. The molecule has 0 aliphatic carbocycles. The van der Waals surface area contributed by atoms with Gasteiger partial charge in [-0.05, 0) is 27.2 Å². The minimum atomic E-state index is -1.46. The molecule has 0 saturated carbocycles. The Bertz CT molecular complexity index is 513. The summed E-state index contributed by atoms with van der Waals surface area (Å²) in [5, 5.41) is 24.6. The van der Waals surface area contributed by atoms with Gasteiger partial charge in [-0.15, -0.1) is 11.3 Å². The van der Waals surface area contributed by atoms with E-state index in [1.165, 1.54) is 11.3 Å². The Kier molecular flexibility index (Phi) is 6.96. The third-order valence-corrected chi connectivity index (χ3v) is 4.10. The summed E-state index contributed by atoms with van der Waals surface area (Å²) in [6, 6.07) is -0.813. The zero-order valence-electron chi connectivity index (χ0n) is 13.9. The second kappa shape index (κ2) is 8.26. The Balaban J connectivity index is 2.98. The van der Waals surface area contributed by atoms with Crippen LogP contribution in [0, 0.1) is 0 Å². The van der Waals surface area contributed by atoms with Crippen molar-refractivity contribution in [1.29, 1.82) is 0 Å². The van der Waals surface area contributed by atoms with E-state index in [9.17, 15) is 19.8 Å². The summed E-state index contributed by atoms with van der Waals surface area (Å²) in [7, 11) is 0. The van der Waals surface area contributed by atoms with Gasteiger partial charge in [0.25, 0.3) is 5.91 Å². The highest BCUT2D eigenvalue weighted by molar-refractivity contribution is 7.13. The number of carbonyl (C=O) groups is 2. The molecule has 0 spiro atoms. The van der Waals surface area contributed by atoms with Crippen molar-refractivity contribution in [3.63, 3.8) is 0 Å². The van der Waals surface area contributed by atoms with Crippen LogP contribution in [-0.4, -0.2) is 49.8 Å². The van der Waals surface area contributed by atoms with Crippen LogP contribution in [0.25, 0.3) is 0 Å². The van der Waals surface area contributed by atoms with Gasteiger partial charge < -0.3 is 10.2 Å². The fourth-order valence-electron chi connectivity index (χ4n) is 2.41. The SMILES string of the molecule is CCCC[C@@H](C(O)C(=O)Nc1nccs1)N(C(=O)O)C(C)(C)C. The molecule has 1 aromatic rings. The lowest BCUT2D eigenvalue weighted by Gasteiger charge is -2.41. The zero-order chi connectivity index (χ0) is 17.6. The number of hydrogen-bond donors (Lipinski definition) is 3. The fraction of sp³-hybridized carbons (Fsp3) is 0.667. The van der Waals surface area contributed by atoms with Gasteiger partial charge in [-0.3, -0.25) is 15.0 Å². The number of rotatable bonds is 7. The first-order chi connectivity index (χ1) is 10.7. The number of aliphatic hydroxyl groups is 1. The Morgan fingerprint density at radius 2 is 2.09 bits per heavy atom. The number of thiazole rings is 1. The number of amides is 2. The average Bonchev–Trinajstić information content (AvgIpc) is 2.93. The topological polar surface area (TPSA) is 103 Å². The maximum Gasteiger partial charge on any atom is 0.408 e. The van der Waals surface area contributed by atoms with E-state index in [0.717, 1.165) is 11.3 Å². The normalized spacial score (nSPS) is 14.1. The molecule has 2 amide bonds. The molecule has 0 bridgehead atoms. The summed E-state index contributed by atoms with van der Waals surface area (Å²) < 4.78 is 0. The van der Waals surface area contributed by atoms with Crippen LogP contribution < -0.4 is 5.32 Å². The highest BCUT2D eigenvalue weighted by atomic mass is 32.1. The van der Waals surface area contributed by atoms with Crippen molar-refractivity contribution in [1.82, 2.24) is 9.88 Å². The number of nitrogens with one attached hydrogen (secondary N) is 1. The molecule has 3 N–H and O–H groups in total. The number of carboxylic acid groups (broad SMARTS) is 1. The molecule has 1 rings (SSSR count). The number of hydrogen-bond acceptors (Lipinski definition) is 5. The van der Waals surface area contributed by atoms with Crippen molar-refractivity contribution in [2.24, 2.45) is 0 Å².